The fourth-order valence-electron chi connectivity index (χ4n) is 1.54. The molecule has 0 fully saturated rings. The molecule has 5 heteroatoms. The first-order valence-corrected chi connectivity index (χ1v) is 6.60. The largest absolute Gasteiger partial charge is 0.497 e. The van der Waals surface area contributed by atoms with Crippen molar-refractivity contribution in [1.82, 2.24) is 4.90 Å². The highest BCUT2D eigenvalue weighted by Crippen LogP contribution is 2.23. The minimum Gasteiger partial charge on any atom is -0.497 e. The molecular weight excluding hydrogens is 300 g/mol. The van der Waals surface area contributed by atoms with Crippen LogP contribution in [0, 0.1) is 0 Å². The molecule has 0 unspecified atom stereocenters. The maximum atomic E-state index is 5.57. The van der Waals surface area contributed by atoms with E-state index in [0.29, 0.717) is 11.5 Å². The third kappa shape index (κ3) is 4.61. The number of nitrogens with two attached hydrogens (primary N) is 1. The number of hydrogen-bond acceptors (Lipinski definition) is 3. The molecule has 3 nitrogen and oxygen atoms in total. The highest BCUT2D eigenvalue weighted by molar-refractivity contribution is 9.10. The first-order valence-electron chi connectivity index (χ1n) is 5.40. The van der Waals surface area contributed by atoms with Gasteiger partial charge in [-0.15, -0.1) is 0 Å². The summed E-state index contributed by atoms with van der Waals surface area (Å²) in [7, 11) is 1.67. The fraction of sp³-hybridized carbons (Fsp3) is 0.417. The topological polar surface area (TPSA) is 38.5 Å². The number of hydrogen-bond donors (Lipinski definition) is 1. The Morgan fingerprint density at radius 2 is 2.24 bits per heavy atom. The zero-order valence-electron chi connectivity index (χ0n) is 10.1. The minimum atomic E-state index is 0.519. The van der Waals surface area contributed by atoms with Crippen molar-refractivity contribution < 1.29 is 4.74 Å². The molecule has 0 heterocycles. The van der Waals surface area contributed by atoms with E-state index in [4.69, 9.17) is 22.7 Å². The van der Waals surface area contributed by atoms with Crippen LogP contribution in [0.3, 0.4) is 0 Å². The van der Waals surface area contributed by atoms with Crippen LogP contribution < -0.4 is 10.5 Å². The van der Waals surface area contributed by atoms with Crippen molar-refractivity contribution in [3.63, 3.8) is 0 Å². The predicted octanol–water partition coefficient (Wildman–Crippen LogP) is 2.57. The number of benzene rings is 1. The van der Waals surface area contributed by atoms with Crippen LogP contribution in [0.5, 0.6) is 5.75 Å². The maximum absolute atomic E-state index is 5.57. The van der Waals surface area contributed by atoms with Gasteiger partial charge in [0, 0.05) is 17.6 Å². The van der Waals surface area contributed by atoms with Crippen LogP contribution in [0.25, 0.3) is 0 Å². The fourth-order valence-corrected chi connectivity index (χ4v) is 2.09. The lowest BCUT2D eigenvalue weighted by Crippen LogP contribution is -2.32. The van der Waals surface area contributed by atoms with E-state index in [1.165, 1.54) is 5.56 Å². The van der Waals surface area contributed by atoms with Crippen molar-refractivity contribution in [3.05, 3.63) is 28.2 Å². The lowest BCUT2D eigenvalue weighted by Gasteiger charge is -2.20. The summed E-state index contributed by atoms with van der Waals surface area (Å²) in [4.78, 5) is 2.70. The number of halogens is 1. The van der Waals surface area contributed by atoms with Gasteiger partial charge < -0.3 is 10.5 Å². The summed E-state index contributed by atoms with van der Waals surface area (Å²) in [6.07, 6.45) is 0. The second-order valence-corrected chi connectivity index (χ2v) is 5.11. The molecule has 2 N–H and O–H groups in total. The van der Waals surface area contributed by atoms with Gasteiger partial charge in [0.2, 0.25) is 0 Å². The molecule has 0 radical (unpaired) electrons. The first-order chi connectivity index (χ1) is 8.06. The normalized spacial score (nSPS) is 10.6. The molecule has 0 aliphatic carbocycles. The van der Waals surface area contributed by atoms with Gasteiger partial charge in [-0.25, -0.2) is 0 Å². The summed E-state index contributed by atoms with van der Waals surface area (Å²) in [5.41, 5.74) is 6.74. The number of methoxy groups -OCH3 is 1. The smallest absolute Gasteiger partial charge is 0.119 e. The molecule has 1 rings (SSSR count). The van der Waals surface area contributed by atoms with E-state index in [0.717, 1.165) is 23.3 Å². The van der Waals surface area contributed by atoms with Crippen LogP contribution in [0.4, 0.5) is 0 Å². The Kier molecular flexibility index (Phi) is 5.88. The molecule has 0 saturated carbocycles. The number of ether oxygens (including phenoxy) is 1. The number of likely N-dealkylation sites (N-methyl/N-ethyl adjacent to an activating group) is 1. The molecule has 0 spiro atoms. The molecule has 0 bridgehead atoms. The van der Waals surface area contributed by atoms with Crippen molar-refractivity contribution in [2.75, 3.05) is 20.2 Å². The van der Waals surface area contributed by atoms with Gasteiger partial charge in [0.1, 0.15) is 5.75 Å². The summed E-state index contributed by atoms with van der Waals surface area (Å²) >= 11 is 8.47. The summed E-state index contributed by atoms with van der Waals surface area (Å²) in [5, 5.41) is 0. The van der Waals surface area contributed by atoms with Crippen molar-refractivity contribution in [2.24, 2.45) is 5.73 Å². The Labute approximate surface area is 116 Å². The summed E-state index contributed by atoms with van der Waals surface area (Å²) in [6, 6.07) is 5.94. The first kappa shape index (κ1) is 14.4. The molecule has 0 amide bonds. The van der Waals surface area contributed by atoms with Gasteiger partial charge in [-0.1, -0.05) is 35.1 Å². The molecule has 0 atom stereocenters. The monoisotopic (exact) mass is 316 g/mol. The predicted molar refractivity (Wildman–Crippen MR) is 78.4 cm³/mol. The Balaban J connectivity index is 2.80. The zero-order valence-corrected chi connectivity index (χ0v) is 12.5. The van der Waals surface area contributed by atoms with E-state index in [1.54, 1.807) is 7.11 Å². The quantitative estimate of drug-likeness (QED) is 0.819. The molecule has 0 aliphatic heterocycles. The molecule has 94 valence electrons. The van der Waals surface area contributed by atoms with Crippen LogP contribution in [0.15, 0.2) is 22.7 Å². The third-order valence-electron chi connectivity index (χ3n) is 2.47. The van der Waals surface area contributed by atoms with Gasteiger partial charge in [-0.05, 0) is 30.3 Å². The van der Waals surface area contributed by atoms with Crippen molar-refractivity contribution in [2.45, 2.75) is 13.5 Å². The zero-order chi connectivity index (χ0) is 12.8. The summed E-state index contributed by atoms with van der Waals surface area (Å²) in [5.74, 6) is 0.856. The number of nitrogens with zero attached hydrogens (tertiary/aromatic N) is 1. The van der Waals surface area contributed by atoms with E-state index in [1.807, 2.05) is 18.2 Å². The Bertz CT molecular complexity index is 398. The van der Waals surface area contributed by atoms with E-state index >= 15 is 0 Å². The highest BCUT2D eigenvalue weighted by atomic mass is 79.9. The van der Waals surface area contributed by atoms with Crippen LogP contribution >= 0.6 is 28.1 Å². The Morgan fingerprint density at radius 1 is 1.53 bits per heavy atom. The molecule has 0 saturated heterocycles. The van der Waals surface area contributed by atoms with Crippen LogP contribution in [-0.4, -0.2) is 30.1 Å². The number of rotatable bonds is 6. The highest BCUT2D eigenvalue weighted by Gasteiger charge is 2.08. The molecule has 17 heavy (non-hydrogen) atoms. The van der Waals surface area contributed by atoms with E-state index < -0.39 is 0 Å². The van der Waals surface area contributed by atoms with Crippen LogP contribution in [0.2, 0.25) is 0 Å². The van der Waals surface area contributed by atoms with Crippen molar-refractivity contribution in [1.29, 1.82) is 0 Å². The Morgan fingerprint density at radius 3 is 2.76 bits per heavy atom. The maximum Gasteiger partial charge on any atom is 0.119 e. The minimum absolute atomic E-state index is 0.519. The van der Waals surface area contributed by atoms with Crippen LogP contribution in [0.1, 0.15) is 12.5 Å². The number of thiocarbonyl (C=S) groups is 1. The molecule has 0 aliphatic rings. The van der Waals surface area contributed by atoms with E-state index in [-0.39, 0.29) is 0 Å². The summed E-state index contributed by atoms with van der Waals surface area (Å²) in [6.45, 7) is 4.43. The second-order valence-electron chi connectivity index (χ2n) is 3.73. The van der Waals surface area contributed by atoms with Gasteiger partial charge in [-0.2, -0.15) is 0 Å². The Hall–Kier alpha value is -0.650. The average Bonchev–Trinajstić information content (AvgIpc) is 2.30. The standard InChI is InChI=1S/C12H17BrN2OS/c1-3-15(8-12(14)17)7-9-6-10(16-2)4-5-11(9)13/h4-6H,3,7-8H2,1-2H3,(H2,14,17). The second kappa shape index (κ2) is 6.93. The molecule has 1 aromatic rings. The molecular formula is C12H17BrN2OS. The SMILES string of the molecule is CCN(CC(N)=S)Cc1cc(OC)ccc1Br. The van der Waals surface area contributed by atoms with Crippen LogP contribution in [-0.2, 0) is 6.54 Å². The third-order valence-corrected chi connectivity index (χ3v) is 3.38. The summed E-state index contributed by atoms with van der Waals surface area (Å²) < 4.78 is 6.29. The van der Waals surface area contributed by atoms with Gasteiger partial charge in [0.15, 0.2) is 0 Å². The van der Waals surface area contributed by atoms with Gasteiger partial charge >= 0.3 is 0 Å². The van der Waals surface area contributed by atoms with Crippen molar-refractivity contribution >= 4 is 33.1 Å². The molecule has 1 aromatic carbocycles. The van der Waals surface area contributed by atoms with Gasteiger partial charge in [0.05, 0.1) is 12.1 Å². The van der Waals surface area contributed by atoms with Crippen molar-refractivity contribution in [3.8, 4) is 5.75 Å². The lowest BCUT2D eigenvalue weighted by molar-refractivity contribution is 0.319. The van der Waals surface area contributed by atoms with E-state index in [2.05, 4.69) is 27.8 Å². The van der Waals surface area contributed by atoms with E-state index in [9.17, 15) is 0 Å². The molecule has 0 aromatic heterocycles. The lowest BCUT2D eigenvalue weighted by atomic mass is 10.2. The average molecular weight is 317 g/mol. The van der Waals surface area contributed by atoms with Gasteiger partial charge in [0.25, 0.3) is 0 Å². The van der Waals surface area contributed by atoms with Gasteiger partial charge in [-0.3, -0.25) is 4.90 Å².